The van der Waals surface area contributed by atoms with Crippen LogP contribution in [0.5, 0.6) is 5.75 Å². The van der Waals surface area contributed by atoms with Crippen LogP contribution in [0.3, 0.4) is 0 Å². The first kappa shape index (κ1) is 17.2. The number of ether oxygens (including phenoxy) is 1. The summed E-state index contributed by atoms with van der Waals surface area (Å²) in [7, 11) is 0. The molecule has 132 valence electrons. The minimum atomic E-state index is -0.121. The standard InChI is InChI=1S/C19H25N5O/c1-6-25-15-11-13(2)7-8-14(15)12-20-16-9-10-17-21-22-18(19(3,4)5)24(17)23-16/h7-11H,6,12H2,1-5H3,(H,20,23). The highest BCUT2D eigenvalue weighted by molar-refractivity contribution is 5.46. The summed E-state index contributed by atoms with van der Waals surface area (Å²) in [5.41, 5.74) is 2.92. The average molecular weight is 339 g/mol. The minimum Gasteiger partial charge on any atom is -0.494 e. The molecule has 3 aromatic rings. The van der Waals surface area contributed by atoms with E-state index in [0.717, 1.165) is 28.6 Å². The van der Waals surface area contributed by atoms with Crippen molar-refractivity contribution < 1.29 is 4.74 Å². The van der Waals surface area contributed by atoms with Crippen LogP contribution >= 0.6 is 0 Å². The quantitative estimate of drug-likeness (QED) is 0.767. The van der Waals surface area contributed by atoms with Crippen LogP contribution in [0.25, 0.3) is 5.65 Å². The van der Waals surface area contributed by atoms with Gasteiger partial charge in [-0.15, -0.1) is 15.3 Å². The molecule has 0 aliphatic carbocycles. The molecule has 0 amide bonds. The van der Waals surface area contributed by atoms with Gasteiger partial charge in [-0.2, -0.15) is 4.52 Å². The molecule has 0 bridgehead atoms. The zero-order valence-corrected chi connectivity index (χ0v) is 15.5. The van der Waals surface area contributed by atoms with Gasteiger partial charge in [-0.3, -0.25) is 0 Å². The molecule has 0 saturated carbocycles. The molecular formula is C19H25N5O. The van der Waals surface area contributed by atoms with Gasteiger partial charge in [0.05, 0.1) is 6.61 Å². The number of nitrogens with one attached hydrogen (secondary N) is 1. The second kappa shape index (κ2) is 6.70. The Balaban J connectivity index is 1.84. The van der Waals surface area contributed by atoms with Crippen molar-refractivity contribution >= 4 is 11.5 Å². The van der Waals surface area contributed by atoms with E-state index in [0.29, 0.717) is 13.2 Å². The summed E-state index contributed by atoms with van der Waals surface area (Å²) < 4.78 is 7.55. The van der Waals surface area contributed by atoms with Gasteiger partial charge in [0, 0.05) is 17.5 Å². The van der Waals surface area contributed by atoms with Crippen molar-refractivity contribution in [1.82, 2.24) is 19.8 Å². The van der Waals surface area contributed by atoms with Gasteiger partial charge in [0.1, 0.15) is 11.6 Å². The molecule has 0 aliphatic rings. The predicted octanol–water partition coefficient (Wildman–Crippen LogP) is 3.74. The Kier molecular flexibility index (Phi) is 4.61. The third-order valence-electron chi connectivity index (χ3n) is 3.92. The second-order valence-electron chi connectivity index (χ2n) is 7.16. The number of aryl methyl sites for hydroxylation is 1. The maximum Gasteiger partial charge on any atom is 0.178 e. The average Bonchev–Trinajstić information content (AvgIpc) is 2.98. The molecule has 0 aliphatic heterocycles. The van der Waals surface area contributed by atoms with Gasteiger partial charge in [-0.05, 0) is 37.6 Å². The van der Waals surface area contributed by atoms with Crippen molar-refractivity contribution in [1.29, 1.82) is 0 Å². The first-order valence-corrected chi connectivity index (χ1v) is 8.57. The van der Waals surface area contributed by atoms with E-state index in [4.69, 9.17) is 4.74 Å². The first-order chi connectivity index (χ1) is 11.9. The van der Waals surface area contributed by atoms with E-state index in [1.54, 1.807) is 4.52 Å². The third-order valence-corrected chi connectivity index (χ3v) is 3.92. The Morgan fingerprint density at radius 1 is 1.12 bits per heavy atom. The Hall–Kier alpha value is -2.63. The van der Waals surface area contributed by atoms with Crippen molar-refractivity contribution in [2.75, 3.05) is 11.9 Å². The number of nitrogens with zero attached hydrogens (tertiary/aromatic N) is 4. The molecule has 0 fully saturated rings. The summed E-state index contributed by atoms with van der Waals surface area (Å²) in [5, 5.41) is 16.5. The van der Waals surface area contributed by atoms with Crippen molar-refractivity contribution in [3.05, 3.63) is 47.3 Å². The van der Waals surface area contributed by atoms with Crippen molar-refractivity contribution in [3.63, 3.8) is 0 Å². The number of fused-ring (bicyclic) bond motifs is 1. The van der Waals surface area contributed by atoms with Gasteiger partial charge in [-0.1, -0.05) is 32.9 Å². The molecule has 3 rings (SSSR count). The molecule has 6 heteroatoms. The number of hydrogen-bond donors (Lipinski definition) is 1. The van der Waals surface area contributed by atoms with Crippen LogP contribution < -0.4 is 10.1 Å². The maximum absolute atomic E-state index is 5.74. The minimum absolute atomic E-state index is 0.121. The largest absolute Gasteiger partial charge is 0.494 e. The van der Waals surface area contributed by atoms with Crippen molar-refractivity contribution in [3.8, 4) is 5.75 Å². The van der Waals surface area contributed by atoms with E-state index >= 15 is 0 Å². The molecule has 0 radical (unpaired) electrons. The molecule has 2 aromatic heterocycles. The molecule has 0 saturated heterocycles. The lowest BCUT2D eigenvalue weighted by Crippen LogP contribution is -2.17. The number of anilines is 1. The number of hydrogen-bond acceptors (Lipinski definition) is 5. The van der Waals surface area contributed by atoms with Crippen LogP contribution in [0.2, 0.25) is 0 Å². The highest BCUT2D eigenvalue weighted by Crippen LogP contribution is 2.23. The molecule has 0 spiro atoms. The Morgan fingerprint density at radius 2 is 1.92 bits per heavy atom. The molecule has 1 aromatic carbocycles. The predicted molar refractivity (Wildman–Crippen MR) is 99.2 cm³/mol. The summed E-state index contributed by atoms with van der Waals surface area (Å²) in [6.07, 6.45) is 0. The highest BCUT2D eigenvalue weighted by Gasteiger charge is 2.21. The van der Waals surface area contributed by atoms with E-state index in [1.165, 1.54) is 5.56 Å². The number of aromatic nitrogens is 4. The van der Waals surface area contributed by atoms with Gasteiger partial charge in [0.25, 0.3) is 0 Å². The topological polar surface area (TPSA) is 64.3 Å². The lowest BCUT2D eigenvalue weighted by Gasteiger charge is -2.15. The number of benzene rings is 1. The fourth-order valence-electron chi connectivity index (χ4n) is 2.63. The third kappa shape index (κ3) is 3.73. The summed E-state index contributed by atoms with van der Waals surface area (Å²) in [4.78, 5) is 0. The zero-order valence-electron chi connectivity index (χ0n) is 15.5. The molecule has 25 heavy (non-hydrogen) atoms. The Labute approximate surface area is 148 Å². The monoisotopic (exact) mass is 339 g/mol. The van der Waals surface area contributed by atoms with Crippen molar-refractivity contribution in [2.45, 2.75) is 46.6 Å². The molecule has 2 heterocycles. The molecule has 0 unspecified atom stereocenters. The van der Waals surface area contributed by atoms with Gasteiger partial charge in [0.2, 0.25) is 0 Å². The van der Waals surface area contributed by atoms with E-state index in [9.17, 15) is 0 Å². The number of rotatable bonds is 5. The highest BCUT2D eigenvalue weighted by atomic mass is 16.5. The first-order valence-electron chi connectivity index (χ1n) is 8.57. The van der Waals surface area contributed by atoms with Crippen LogP contribution in [0.4, 0.5) is 5.82 Å². The normalized spacial score (nSPS) is 11.7. The van der Waals surface area contributed by atoms with Crippen LogP contribution in [0.1, 0.15) is 44.6 Å². The van der Waals surface area contributed by atoms with Crippen LogP contribution in [-0.4, -0.2) is 26.4 Å². The second-order valence-corrected chi connectivity index (χ2v) is 7.16. The van der Waals surface area contributed by atoms with Gasteiger partial charge in [-0.25, -0.2) is 0 Å². The fourth-order valence-corrected chi connectivity index (χ4v) is 2.63. The van der Waals surface area contributed by atoms with Crippen molar-refractivity contribution in [2.24, 2.45) is 0 Å². The summed E-state index contributed by atoms with van der Waals surface area (Å²) in [5.74, 6) is 2.54. The summed E-state index contributed by atoms with van der Waals surface area (Å²) in [6, 6.07) is 10.1. The maximum atomic E-state index is 5.74. The molecule has 6 nitrogen and oxygen atoms in total. The van der Waals surface area contributed by atoms with E-state index in [-0.39, 0.29) is 5.41 Å². The lowest BCUT2D eigenvalue weighted by molar-refractivity contribution is 0.336. The Bertz CT molecular complexity index is 879. The van der Waals surface area contributed by atoms with Crippen LogP contribution in [-0.2, 0) is 12.0 Å². The van der Waals surface area contributed by atoms with E-state index in [1.807, 2.05) is 19.1 Å². The van der Waals surface area contributed by atoms with Crippen LogP contribution in [0, 0.1) is 6.92 Å². The fraction of sp³-hybridized carbons (Fsp3) is 0.421. The smallest absolute Gasteiger partial charge is 0.178 e. The van der Waals surface area contributed by atoms with Crippen LogP contribution in [0.15, 0.2) is 30.3 Å². The molecular weight excluding hydrogens is 314 g/mol. The van der Waals surface area contributed by atoms with E-state index < -0.39 is 0 Å². The Morgan fingerprint density at radius 3 is 2.64 bits per heavy atom. The van der Waals surface area contributed by atoms with Gasteiger partial charge < -0.3 is 10.1 Å². The van der Waals surface area contributed by atoms with E-state index in [2.05, 4.69) is 66.5 Å². The molecule has 0 atom stereocenters. The lowest BCUT2D eigenvalue weighted by atomic mass is 9.96. The molecule has 1 N–H and O–H groups in total. The SMILES string of the molecule is CCOc1cc(C)ccc1CNc1ccc2nnc(C(C)(C)C)n2n1. The van der Waals surface area contributed by atoms with Gasteiger partial charge in [0.15, 0.2) is 11.5 Å². The zero-order chi connectivity index (χ0) is 18.0. The van der Waals surface area contributed by atoms with Gasteiger partial charge >= 0.3 is 0 Å². The summed E-state index contributed by atoms with van der Waals surface area (Å²) >= 11 is 0. The summed E-state index contributed by atoms with van der Waals surface area (Å²) in [6.45, 7) is 11.7.